The first kappa shape index (κ1) is 14.8. The van der Waals surface area contributed by atoms with E-state index in [1.165, 1.54) is 0 Å². The van der Waals surface area contributed by atoms with Crippen LogP contribution in [0.1, 0.15) is 25.0 Å². The minimum atomic E-state index is -0.396. The molecular weight excluding hydrogens is 248 g/mol. The Hall–Kier alpha value is -1.64. The van der Waals surface area contributed by atoms with Crippen molar-refractivity contribution >= 4 is 0 Å². The summed E-state index contributed by atoms with van der Waals surface area (Å²) in [6.07, 6.45) is 0.442. The van der Waals surface area contributed by atoms with Gasteiger partial charge in [0.15, 0.2) is 0 Å². The second-order valence-corrected chi connectivity index (χ2v) is 5.42. The van der Waals surface area contributed by atoms with E-state index < -0.39 is 6.10 Å². The second-order valence-electron chi connectivity index (χ2n) is 5.42. The van der Waals surface area contributed by atoms with Gasteiger partial charge in [0.05, 0.1) is 12.2 Å². The summed E-state index contributed by atoms with van der Waals surface area (Å²) in [5.41, 5.74) is 4.54. The number of aliphatic hydroxyl groups excluding tert-OH is 2. The van der Waals surface area contributed by atoms with Gasteiger partial charge < -0.3 is 10.2 Å². The van der Waals surface area contributed by atoms with Crippen LogP contribution >= 0.6 is 0 Å². The van der Waals surface area contributed by atoms with Crippen LogP contribution in [0.3, 0.4) is 0 Å². The predicted molar refractivity (Wildman–Crippen MR) is 82.6 cm³/mol. The normalized spacial score (nSPS) is 14.0. The van der Waals surface area contributed by atoms with Crippen LogP contribution in [0.5, 0.6) is 0 Å². The largest absolute Gasteiger partial charge is 0.393 e. The molecule has 2 nitrogen and oxygen atoms in total. The molecule has 0 aliphatic rings. The third-order valence-corrected chi connectivity index (χ3v) is 3.37. The van der Waals surface area contributed by atoms with Crippen molar-refractivity contribution in [1.82, 2.24) is 0 Å². The van der Waals surface area contributed by atoms with E-state index in [-0.39, 0.29) is 6.10 Å². The molecule has 0 radical (unpaired) electrons. The van der Waals surface area contributed by atoms with E-state index >= 15 is 0 Å². The predicted octanol–water partition coefficient (Wildman–Crippen LogP) is 3.20. The van der Waals surface area contributed by atoms with Gasteiger partial charge in [0.1, 0.15) is 0 Å². The van der Waals surface area contributed by atoms with Crippen LogP contribution in [0, 0.1) is 0 Å². The zero-order valence-corrected chi connectivity index (χ0v) is 12.1. The van der Waals surface area contributed by atoms with Crippen LogP contribution in [-0.4, -0.2) is 22.4 Å². The Balaban J connectivity index is 2.50. The summed E-state index contributed by atoms with van der Waals surface area (Å²) >= 11 is 0. The van der Waals surface area contributed by atoms with Crippen molar-refractivity contribution in [2.75, 3.05) is 0 Å². The van der Waals surface area contributed by atoms with Gasteiger partial charge in [0.25, 0.3) is 0 Å². The molecule has 20 heavy (non-hydrogen) atoms. The minimum absolute atomic E-state index is 0.381. The quantitative estimate of drug-likeness (QED) is 0.876. The summed E-state index contributed by atoms with van der Waals surface area (Å²) in [5, 5.41) is 19.4. The van der Waals surface area contributed by atoms with Crippen molar-refractivity contribution in [3.63, 3.8) is 0 Å². The molecule has 0 fully saturated rings. The summed E-state index contributed by atoms with van der Waals surface area (Å²) in [7, 11) is 0. The number of hydrogen-bond donors (Lipinski definition) is 2. The molecule has 106 valence electrons. The highest BCUT2D eigenvalue weighted by atomic mass is 16.3. The first-order valence-electron chi connectivity index (χ1n) is 7.10. The summed E-state index contributed by atoms with van der Waals surface area (Å²) < 4.78 is 0. The maximum absolute atomic E-state index is 9.77. The van der Waals surface area contributed by atoms with Crippen molar-refractivity contribution in [1.29, 1.82) is 0 Å². The average molecular weight is 270 g/mol. The summed E-state index contributed by atoms with van der Waals surface area (Å²) in [4.78, 5) is 0. The maximum atomic E-state index is 9.77. The highest BCUT2D eigenvalue weighted by Crippen LogP contribution is 2.28. The molecule has 2 aromatic rings. The molecule has 2 unspecified atom stereocenters. The molecule has 0 amide bonds. The van der Waals surface area contributed by atoms with Gasteiger partial charge in [-0.15, -0.1) is 0 Å². The zero-order valence-electron chi connectivity index (χ0n) is 12.1. The number of hydrogen-bond acceptors (Lipinski definition) is 2. The molecule has 0 bridgehead atoms. The van der Waals surface area contributed by atoms with E-state index in [0.29, 0.717) is 12.8 Å². The molecule has 2 N–H and O–H groups in total. The van der Waals surface area contributed by atoms with Crippen LogP contribution in [0.15, 0.2) is 48.5 Å². The first-order valence-corrected chi connectivity index (χ1v) is 7.10. The maximum Gasteiger partial charge on any atom is 0.0552 e. The van der Waals surface area contributed by atoms with E-state index in [1.54, 1.807) is 13.8 Å². The van der Waals surface area contributed by atoms with Crippen LogP contribution in [0.25, 0.3) is 11.1 Å². The van der Waals surface area contributed by atoms with Crippen molar-refractivity contribution in [2.24, 2.45) is 0 Å². The molecule has 2 aromatic carbocycles. The van der Waals surface area contributed by atoms with E-state index in [4.69, 9.17) is 0 Å². The van der Waals surface area contributed by atoms with Gasteiger partial charge >= 0.3 is 0 Å². The van der Waals surface area contributed by atoms with Crippen molar-refractivity contribution < 1.29 is 10.2 Å². The lowest BCUT2D eigenvalue weighted by molar-refractivity contribution is 0.189. The van der Waals surface area contributed by atoms with Crippen LogP contribution < -0.4 is 0 Å². The molecule has 2 atom stereocenters. The molecule has 0 aliphatic heterocycles. The van der Waals surface area contributed by atoms with Gasteiger partial charge in [0, 0.05) is 0 Å². The molecule has 0 aliphatic carbocycles. The van der Waals surface area contributed by atoms with Gasteiger partial charge in [-0.3, -0.25) is 0 Å². The summed E-state index contributed by atoms with van der Waals surface area (Å²) in [6.45, 7) is 3.59. The smallest absolute Gasteiger partial charge is 0.0552 e. The van der Waals surface area contributed by atoms with E-state index in [9.17, 15) is 10.2 Å². The van der Waals surface area contributed by atoms with Crippen LogP contribution in [-0.2, 0) is 12.8 Å². The molecule has 2 rings (SSSR count). The standard InChI is InChI=1S/C18H22O2/c1-13(19)11-16-9-6-10-17(18(16)12-14(2)20)15-7-4-3-5-8-15/h3-10,13-14,19-20H,11-12H2,1-2H3. The van der Waals surface area contributed by atoms with Crippen molar-refractivity contribution in [2.45, 2.75) is 38.9 Å². The van der Waals surface area contributed by atoms with Gasteiger partial charge in [-0.25, -0.2) is 0 Å². The second kappa shape index (κ2) is 6.69. The highest BCUT2D eigenvalue weighted by Gasteiger charge is 2.13. The van der Waals surface area contributed by atoms with E-state index in [2.05, 4.69) is 18.2 Å². The highest BCUT2D eigenvalue weighted by molar-refractivity contribution is 5.69. The topological polar surface area (TPSA) is 40.5 Å². The lowest BCUT2D eigenvalue weighted by Crippen LogP contribution is -2.12. The Kier molecular flexibility index (Phi) is 4.94. The fraction of sp³-hybridized carbons (Fsp3) is 0.333. The number of benzene rings is 2. The lowest BCUT2D eigenvalue weighted by atomic mass is 9.90. The van der Waals surface area contributed by atoms with Crippen molar-refractivity contribution in [3.05, 3.63) is 59.7 Å². The van der Waals surface area contributed by atoms with Gasteiger partial charge in [-0.1, -0.05) is 48.5 Å². The molecule has 0 heterocycles. The first-order chi connectivity index (χ1) is 9.58. The van der Waals surface area contributed by atoms with Crippen molar-refractivity contribution in [3.8, 4) is 11.1 Å². The van der Waals surface area contributed by atoms with Gasteiger partial charge in [-0.2, -0.15) is 0 Å². The Bertz CT molecular complexity index is 545. The Labute approximate surface area is 120 Å². The van der Waals surface area contributed by atoms with Gasteiger partial charge in [0.2, 0.25) is 0 Å². The molecule has 2 heteroatoms. The molecule has 0 saturated carbocycles. The van der Waals surface area contributed by atoms with E-state index in [1.807, 2.05) is 30.3 Å². The number of aliphatic hydroxyl groups is 2. The fourth-order valence-corrected chi connectivity index (χ4v) is 2.57. The number of rotatable bonds is 5. The third-order valence-electron chi connectivity index (χ3n) is 3.37. The SMILES string of the molecule is CC(O)Cc1cccc(-c2ccccc2)c1CC(C)O. The Morgan fingerprint density at radius 2 is 1.45 bits per heavy atom. The lowest BCUT2D eigenvalue weighted by Gasteiger charge is -2.17. The summed E-state index contributed by atoms with van der Waals surface area (Å²) in [6, 6.07) is 16.3. The Morgan fingerprint density at radius 1 is 0.800 bits per heavy atom. The van der Waals surface area contributed by atoms with Gasteiger partial charge in [-0.05, 0) is 48.9 Å². The zero-order chi connectivity index (χ0) is 14.5. The minimum Gasteiger partial charge on any atom is -0.393 e. The van der Waals surface area contributed by atoms with Crippen LogP contribution in [0.4, 0.5) is 0 Å². The van der Waals surface area contributed by atoms with E-state index in [0.717, 1.165) is 22.3 Å². The molecule has 0 saturated heterocycles. The Morgan fingerprint density at radius 3 is 2.05 bits per heavy atom. The summed E-state index contributed by atoms with van der Waals surface area (Å²) in [5.74, 6) is 0. The monoisotopic (exact) mass is 270 g/mol. The average Bonchev–Trinajstić information content (AvgIpc) is 2.40. The fourth-order valence-electron chi connectivity index (χ4n) is 2.57. The third kappa shape index (κ3) is 3.69. The molecule has 0 spiro atoms. The molecular formula is C18H22O2. The van der Waals surface area contributed by atoms with Crippen LogP contribution in [0.2, 0.25) is 0 Å². The molecule has 0 aromatic heterocycles.